The van der Waals surface area contributed by atoms with Gasteiger partial charge in [0.25, 0.3) is 0 Å². The van der Waals surface area contributed by atoms with Gasteiger partial charge in [0.05, 0.1) is 12.3 Å². The van der Waals surface area contributed by atoms with Crippen molar-refractivity contribution in [2.75, 3.05) is 5.32 Å². The fourth-order valence-corrected chi connectivity index (χ4v) is 1.59. The summed E-state index contributed by atoms with van der Waals surface area (Å²) in [5.41, 5.74) is 2.05. The number of halogens is 2. The minimum absolute atomic E-state index is 0.000296. The molecule has 2 nitrogen and oxygen atoms in total. The van der Waals surface area contributed by atoms with E-state index in [0.29, 0.717) is 6.54 Å². The van der Waals surface area contributed by atoms with Gasteiger partial charge in [0.1, 0.15) is 11.6 Å². The molecular weight excluding hydrogens is 236 g/mol. The maximum absolute atomic E-state index is 13.3. The number of hydrogen-bond donors (Lipinski definition) is 2. The first-order valence-corrected chi connectivity index (χ1v) is 5.56. The molecule has 0 aliphatic heterocycles. The molecule has 0 saturated carbocycles. The molecular formula is C14H13F2NO. The Morgan fingerprint density at radius 1 is 0.944 bits per heavy atom. The van der Waals surface area contributed by atoms with Crippen LogP contribution in [0.4, 0.5) is 14.5 Å². The molecule has 0 aromatic heterocycles. The zero-order valence-corrected chi connectivity index (χ0v) is 9.66. The van der Waals surface area contributed by atoms with Gasteiger partial charge in [0.2, 0.25) is 0 Å². The van der Waals surface area contributed by atoms with E-state index in [0.717, 1.165) is 17.2 Å². The molecule has 2 aromatic carbocycles. The maximum atomic E-state index is 13.3. The highest BCUT2D eigenvalue weighted by Crippen LogP contribution is 2.16. The third-order valence-electron chi connectivity index (χ3n) is 2.62. The molecule has 0 fully saturated rings. The van der Waals surface area contributed by atoms with Gasteiger partial charge in [0, 0.05) is 12.6 Å². The second-order valence-electron chi connectivity index (χ2n) is 3.95. The average Bonchev–Trinajstić information content (AvgIpc) is 2.38. The monoisotopic (exact) mass is 249 g/mol. The largest absolute Gasteiger partial charge is 0.392 e. The van der Waals surface area contributed by atoms with Crippen LogP contribution in [0.2, 0.25) is 0 Å². The Bertz CT molecular complexity index is 526. The Labute approximate surface area is 104 Å². The number of aliphatic hydroxyl groups excluding tert-OH is 1. The van der Waals surface area contributed by atoms with Crippen LogP contribution >= 0.6 is 0 Å². The van der Waals surface area contributed by atoms with Crippen molar-refractivity contribution in [2.45, 2.75) is 13.2 Å². The van der Waals surface area contributed by atoms with Crippen LogP contribution < -0.4 is 5.32 Å². The highest BCUT2D eigenvalue weighted by Gasteiger charge is 2.03. The molecule has 0 radical (unpaired) electrons. The van der Waals surface area contributed by atoms with Crippen molar-refractivity contribution in [1.29, 1.82) is 0 Å². The fourth-order valence-electron chi connectivity index (χ4n) is 1.59. The van der Waals surface area contributed by atoms with Gasteiger partial charge >= 0.3 is 0 Å². The Morgan fingerprint density at radius 2 is 1.61 bits per heavy atom. The summed E-state index contributed by atoms with van der Waals surface area (Å²) < 4.78 is 26.0. The van der Waals surface area contributed by atoms with Gasteiger partial charge < -0.3 is 10.4 Å². The highest BCUT2D eigenvalue weighted by atomic mass is 19.1. The molecule has 0 saturated heterocycles. The number of benzene rings is 2. The van der Waals surface area contributed by atoms with E-state index in [1.165, 1.54) is 12.1 Å². The lowest BCUT2D eigenvalue weighted by Crippen LogP contribution is -2.01. The quantitative estimate of drug-likeness (QED) is 0.872. The molecule has 94 valence electrons. The van der Waals surface area contributed by atoms with Gasteiger partial charge in [-0.1, -0.05) is 24.3 Å². The van der Waals surface area contributed by atoms with Gasteiger partial charge in [-0.25, -0.2) is 8.78 Å². The lowest BCUT2D eigenvalue weighted by atomic mass is 10.1. The number of anilines is 1. The first-order chi connectivity index (χ1) is 8.69. The molecule has 0 unspecified atom stereocenters. The number of rotatable bonds is 4. The summed E-state index contributed by atoms with van der Waals surface area (Å²) in [6, 6.07) is 10.7. The summed E-state index contributed by atoms with van der Waals surface area (Å²) in [7, 11) is 0. The topological polar surface area (TPSA) is 32.3 Å². The van der Waals surface area contributed by atoms with Crippen LogP contribution in [0.3, 0.4) is 0 Å². The number of nitrogens with one attached hydrogen (secondary N) is 1. The molecule has 18 heavy (non-hydrogen) atoms. The number of aliphatic hydroxyl groups is 1. The van der Waals surface area contributed by atoms with Gasteiger partial charge in [-0.3, -0.25) is 0 Å². The van der Waals surface area contributed by atoms with Gasteiger partial charge in [-0.15, -0.1) is 0 Å². The minimum atomic E-state index is -0.609. The average molecular weight is 249 g/mol. The first kappa shape index (κ1) is 12.5. The van der Waals surface area contributed by atoms with E-state index in [1.54, 1.807) is 12.1 Å². The van der Waals surface area contributed by atoms with E-state index in [4.69, 9.17) is 5.11 Å². The summed E-state index contributed by atoms with van der Waals surface area (Å²) in [4.78, 5) is 0. The van der Waals surface area contributed by atoms with Crippen molar-refractivity contribution in [3.8, 4) is 0 Å². The Kier molecular flexibility index (Phi) is 3.89. The SMILES string of the molecule is OCc1ccc(CNc2ccc(F)cc2F)cc1. The van der Waals surface area contributed by atoms with Crippen LogP contribution in [0.5, 0.6) is 0 Å². The normalized spacial score (nSPS) is 10.4. The van der Waals surface area contributed by atoms with Crippen LogP contribution in [0, 0.1) is 11.6 Å². The smallest absolute Gasteiger partial charge is 0.149 e. The molecule has 0 amide bonds. The van der Waals surface area contributed by atoms with E-state index in [9.17, 15) is 8.78 Å². The van der Waals surface area contributed by atoms with Crippen molar-refractivity contribution in [3.63, 3.8) is 0 Å². The summed E-state index contributed by atoms with van der Waals surface area (Å²) in [6.45, 7) is 0.439. The standard InChI is InChI=1S/C14H13F2NO/c15-12-5-6-14(13(16)7-12)17-8-10-1-3-11(9-18)4-2-10/h1-7,17-18H,8-9H2. The van der Waals surface area contributed by atoms with Crippen molar-refractivity contribution >= 4 is 5.69 Å². The van der Waals surface area contributed by atoms with Crippen LogP contribution in [0.25, 0.3) is 0 Å². The summed E-state index contributed by atoms with van der Waals surface area (Å²) in [6.07, 6.45) is 0. The van der Waals surface area contributed by atoms with Crippen molar-refractivity contribution in [3.05, 3.63) is 65.2 Å². The Hall–Kier alpha value is -1.94. The lowest BCUT2D eigenvalue weighted by Gasteiger charge is -2.08. The second-order valence-corrected chi connectivity index (χ2v) is 3.95. The molecule has 4 heteroatoms. The summed E-state index contributed by atoms with van der Waals surface area (Å²) in [5, 5.41) is 11.8. The molecule has 2 N–H and O–H groups in total. The zero-order valence-electron chi connectivity index (χ0n) is 9.66. The van der Waals surface area contributed by atoms with Crippen LogP contribution in [0.15, 0.2) is 42.5 Å². The van der Waals surface area contributed by atoms with E-state index >= 15 is 0 Å². The zero-order chi connectivity index (χ0) is 13.0. The van der Waals surface area contributed by atoms with Crippen molar-refractivity contribution in [2.24, 2.45) is 0 Å². The molecule has 0 heterocycles. The lowest BCUT2D eigenvalue weighted by molar-refractivity contribution is 0.282. The van der Waals surface area contributed by atoms with E-state index in [2.05, 4.69) is 5.32 Å². The minimum Gasteiger partial charge on any atom is -0.392 e. The van der Waals surface area contributed by atoms with Crippen molar-refractivity contribution < 1.29 is 13.9 Å². The maximum Gasteiger partial charge on any atom is 0.149 e. The van der Waals surface area contributed by atoms with Gasteiger partial charge in [-0.2, -0.15) is 0 Å². The molecule has 0 spiro atoms. The van der Waals surface area contributed by atoms with Crippen LogP contribution in [0.1, 0.15) is 11.1 Å². The molecule has 0 atom stereocenters. The predicted molar refractivity (Wildman–Crippen MR) is 66.0 cm³/mol. The van der Waals surface area contributed by atoms with E-state index in [1.807, 2.05) is 12.1 Å². The van der Waals surface area contributed by atoms with E-state index in [-0.39, 0.29) is 12.3 Å². The second kappa shape index (κ2) is 5.60. The van der Waals surface area contributed by atoms with E-state index < -0.39 is 11.6 Å². The third kappa shape index (κ3) is 3.05. The molecule has 0 bridgehead atoms. The van der Waals surface area contributed by atoms with Gasteiger partial charge in [0.15, 0.2) is 0 Å². The van der Waals surface area contributed by atoms with Crippen LogP contribution in [-0.2, 0) is 13.2 Å². The molecule has 0 aliphatic carbocycles. The predicted octanol–water partition coefficient (Wildman–Crippen LogP) is 3.07. The van der Waals surface area contributed by atoms with Crippen molar-refractivity contribution in [1.82, 2.24) is 0 Å². The number of hydrogen-bond acceptors (Lipinski definition) is 2. The fraction of sp³-hybridized carbons (Fsp3) is 0.143. The van der Waals surface area contributed by atoms with Gasteiger partial charge in [-0.05, 0) is 23.3 Å². The highest BCUT2D eigenvalue weighted by molar-refractivity contribution is 5.45. The summed E-state index contributed by atoms with van der Waals surface area (Å²) >= 11 is 0. The first-order valence-electron chi connectivity index (χ1n) is 5.56. The molecule has 2 aromatic rings. The Balaban J connectivity index is 2.02. The Morgan fingerprint density at radius 3 is 2.22 bits per heavy atom. The van der Waals surface area contributed by atoms with Crippen LogP contribution in [-0.4, -0.2) is 5.11 Å². The molecule has 0 aliphatic rings. The third-order valence-corrected chi connectivity index (χ3v) is 2.62. The molecule has 2 rings (SSSR count). The summed E-state index contributed by atoms with van der Waals surface area (Å²) in [5.74, 6) is -1.20.